The number of halogens is 1. The lowest BCUT2D eigenvalue weighted by atomic mass is 9.85. The van der Waals surface area contributed by atoms with E-state index in [0.717, 1.165) is 86.2 Å². The summed E-state index contributed by atoms with van der Waals surface area (Å²) in [7, 11) is 3.35. The fourth-order valence-corrected chi connectivity index (χ4v) is 6.22. The van der Waals surface area contributed by atoms with Gasteiger partial charge in [-0.15, -0.1) is 0 Å². The van der Waals surface area contributed by atoms with E-state index in [2.05, 4.69) is 38.9 Å². The number of benzene rings is 1. The molecule has 2 aromatic heterocycles. The summed E-state index contributed by atoms with van der Waals surface area (Å²) in [5.41, 5.74) is 4.04. The van der Waals surface area contributed by atoms with Crippen LogP contribution in [0.1, 0.15) is 42.7 Å². The quantitative estimate of drug-likeness (QED) is 0.390. The van der Waals surface area contributed by atoms with Crippen molar-refractivity contribution in [3.8, 4) is 11.6 Å². The Bertz CT molecular complexity index is 1310. The van der Waals surface area contributed by atoms with Crippen molar-refractivity contribution in [3.05, 3.63) is 41.7 Å². The highest BCUT2D eigenvalue weighted by Crippen LogP contribution is 2.37. The van der Waals surface area contributed by atoms with E-state index in [1.807, 2.05) is 16.9 Å². The Hall–Kier alpha value is -2.79. The molecule has 3 unspecified atom stereocenters. The Morgan fingerprint density at radius 2 is 1.95 bits per heavy atom. The molecule has 0 saturated carbocycles. The Morgan fingerprint density at radius 1 is 1.07 bits per heavy atom. The summed E-state index contributed by atoms with van der Waals surface area (Å²) in [6, 6.07) is 6.25. The summed E-state index contributed by atoms with van der Waals surface area (Å²) in [6.07, 6.45) is 6.73. The third kappa shape index (κ3) is 5.54. The molecule has 0 amide bonds. The number of ether oxygens (including phenoxy) is 4. The van der Waals surface area contributed by atoms with Crippen LogP contribution in [0.3, 0.4) is 0 Å². The Kier molecular flexibility index (Phi) is 8.20. The number of hydrogen-bond acceptors (Lipinski definition) is 8. The van der Waals surface area contributed by atoms with E-state index in [4.69, 9.17) is 18.9 Å². The van der Waals surface area contributed by atoms with Gasteiger partial charge in [0, 0.05) is 57.3 Å². The van der Waals surface area contributed by atoms with Gasteiger partial charge < -0.3 is 23.8 Å². The van der Waals surface area contributed by atoms with Crippen LogP contribution in [0.2, 0.25) is 0 Å². The molecule has 216 valence electrons. The van der Waals surface area contributed by atoms with Crippen molar-refractivity contribution in [2.75, 3.05) is 65.1 Å². The monoisotopic (exact) mass is 553 g/mol. The van der Waals surface area contributed by atoms with E-state index in [-0.39, 0.29) is 18.3 Å². The normalized spacial score (nSPS) is 24.4. The average Bonchev–Trinajstić information content (AvgIpc) is 3.36. The molecule has 0 radical (unpaired) electrons. The highest BCUT2D eigenvalue weighted by molar-refractivity contribution is 5.82. The number of aryl methyl sites for hydroxylation is 1. The van der Waals surface area contributed by atoms with Crippen molar-refractivity contribution in [2.24, 2.45) is 0 Å². The number of likely N-dealkylation sites (tertiary alicyclic amines) is 1. The molecule has 0 aliphatic carbocycles. The number of methoxy groups -OCH3 is 2. The Balaban J connectivity index is 1.22. The number of alkyl halides is 1. The minimum Gasteiger partial charge on any atom is -0.493 e. The first kappa shape index (κ1) is 27.4. The van der Waals surface area contributed by atoms with E-state index in [1.165, 1.54) is 0 Å². The molecule has 3 aliphatic rings. The second kappa shape index (κ2) is 12.0. The number of nitrogens with zero attached hydrogens (tertiary/aromatic N) is 5. The van der Waals surface area contributed by atoms with Gasteiger partial charge in [0.25, 0.3) is 0 Å². The molecule has 0 spiro atoms. The van der Waals surface area contributed by atoms with Crippen LogP contribution in [0.4, 0.5) is 10.1 Å². The van der Waals surface area contributed by atoms with Crippen LogP contribution in [0, 0.1) is 6.92 Å². The van der Waals surface area contributed by atoms with E-state index in [9.17, 15) is 0 Å². The molecule has 3 atom stereocenters. The van der Waals surface area contributed by atoms with Gasteiger partial charge in [-0.05, 0) is 62.4 Å². The lowest BCUT2D eigenvalue weighted by Gasteiger charge is -2.42. The zero-order chi connectivity index (χ0) is 27.6. The summed E-state index contributed by atoms with van der Waals surface area (Å²) in [5, 5.41) is 5.70. The second-order valence-electron chi connectivity index (χ2n) is 11.2. The third-order valence-corrected chi connectivity index (χ3v) is 8.53. The number of fused-ring (bicyclic) bond motifs is 1. The van der Waals surface area contributed by atoms with Crippen molar-refractivity contribution in [3.63, 3.8) is 0 Å². The lowest BCUT2D eigenvalue weighted by molar-refractivity contribution is -0.191. The molecule has 9 nitrogen and oxygen atoms in total. The number of anilines is 1. The standard InChI is InChI=1S/C30H40FN5O4/c1-20-12-21-15-33-36(26(21)13-24(20)23-7-8-34(9-11-37-2)19-25(23)31)29-14-27(28(38-3)16-32-29)35-17-22(18-35)40-30-6-4-5-10-39-30/h12-16,22-23,25,30H,4-11,17-19H2,1-3H3. The molecule has 10 heteroatoms. The zero-order valence-electron chi connectivity index (χ0n) is 23.7. The van der Waals surface area contributed by atoms with Crippen LogP contribution in [0.15, 0.2) is 30.6 Å². The molecule has 40 heavy (non-hydrogen) atoms. The van der Waals surface area contributed by atoms with E-state index in [1.54, 1.807) is 20.4 Å². The van der Waals surface area contributed by atoms with Crippen LogP contribution in [-0.4, -0.2) is 98.4 Å². The maximum atomic E-state index is 15.4. The first-order valence-corrected chi connectivity index (χ1v) is 14.4. The molecule has 3 saturated heterocycles. The molecule has 6 rings (SSSR count). The molecule has 3 aromatic rings. The van der Waals surface area contributed by atoms with Crippen LogP contribution in [-0.2, 0) is 14.2 Å². The van der Waals surface area contributed by atoms with Crippen molar-refractivity contribution in [2.45, 2.75) is 57.1 Å². The van der Waals surface area contributed by atoms with Crippen LogP contribution in [0.5, 0.6) is 5.75 Å². The largest absolute Gasteiger partial charge is 0.493 e. The Morgan fingerprint density at radius 3 is 2.70 bits per heavy atom. The first-order chi connectivity index (χ1) is 19.5. The lowest BCUT2D eigenvalue weighted by Crippen LogP contribution is -2.54. The molecule has 0 N–H and O–H groups in total. The first-order valence-electron chi connectivity index (χ1n) is 14.4. The van der Waals surface area contributed by atoms with Crippen LogP contribution >= 0.6 is 0 Å². The topological polar surface area (TPSA) is 74.1 Å². The van der Waals surface area contributed by atoms with E-state index in [0.29, 0.717) is 24.7 Å². The Labute approximate surface area is 235 Å². The van der Waals surface area contributed by atoms with Gasteiger partial charge in [0.05, 0.1) is 43.4 Å². The third-order valence-electron chi connectivity index (χ3n) is 8.53. The maximum Gasteiger partial charge on any atom is 0.160 e. The zero-order valence-corrected chi connectivity index (χ0v) is 23.7. The van der Waals surface area contributed by atoms with Gasteiger partial charge in [0.15, 0.2) is 17.9 Å². The summed E-state index contributed by atoms with van der Waals surface area (Å²) in [5.74, 6) is 1.27. The fourth-order valence-electron chi connectivity index (χ4n) is 6.22. The SMILES string of the molecule is COCCN1CCC(c2cc3c(cnn3-c3cc(N4CC(OC5CCCCO5)C4)c(OC)cn3)cc2C)C(F)C1. The molecular formula is C30H40FN5O4. The van der Waals surface area contributed by atoms with Gasteiger partial charge >= 0.3 is 0 Å². The number of aromatic nitrogens is 3. The van der Waals surface area contributed by atoms with E-state index < -0.39 is 6.17 Å². The van der Waals surface area contributed by atoms with Gasteiger partial charge in [-0.3, -0.25) is 4.90 Å². The number of pyridine rings is 1. The van der Waals surface area contributed by atoms with Gasteiger partial charge in [-0.1, -0.05) is 0 Å². The number of piperidine rings is 1. The molecule has 3 aliphatic heterocycles. The van der Waals surface area contributed by atoms with Crippen molar-refractivity contribution < 1.29 is 23.3 Å². The molecule has 1 aromatic carbocycles. The minimum atomic E-state index is -0.926. The second-order valence-corrected chi connectivity index (χ2v) is 11.2. The van der Waals surface area contributed by atoms with Gasteiger partial charge in [0.2, 0.25) is 0 Å². The highest BCUT2D eigenvalue weighted by Gasteiger charge is 2.34. The van der Waals surface area contributed by atoms with Gasteiger partial charge in [-0.2, -0.15) is 5.10 Å². The van der Waals surface area contributed by atoms with Crippen molar-refractivity contribution in [1.82, 2.24) is 19.7 Å². The fraction of sp³-hybridized carbons (Fsp3) is 0.600. The average molecular weight is 554 g/mol. The smallest absolute Gasteiger partial charge is 0.160 e. The van der Waals surface area contributed by atoms with Crippen molar-refractivity contribution >= 4 is 16.6 Å². The van der Waals surface area contributed by atoms with Gasteiger partial charge in [0.1, 0.15) is 6.17 Å². The summed E-state index contributed by atoms with van der Waals surface area (Å²) in [4.78, 5) is 9.07. The predicted octanol–water partition coefficient (Wildman–Crippen LogP) is 4.24. The summed E-state index contributed by atoms with van der Waals surface area (Å²) >= 11 is 0. The number of rotatable bonds is 9. The molecular weight excluding hydrogens is 513 g/mol. The molecule has 3 fully saturated rings. The van der Waals surface area contributed by atoms with Gasteiger partial charge in [-0.25, -0.2) is 14.1 Å². The number of hydrogen-bond donors (Lipinski definition) is 0. The van der Waals surface area contributed by atoms with Crippen molar-refractivity contribution in [1.29, 1.82) is 0 Å². The van der Waals surface area contributed by atoms with Crippen LogP contribution < -0.4 is 9.64 Å². The van der Waals surface area contributed by atoms with E-state index >= 15 is 4.39 Å². The predicted molar refractivity (Wildman–Crippen MR) is 151 cm³/mol. The summed E-state index contributed by atoms with van der Waals surface area (Å²) in [6.45, 7) is 7.07. The molecule has 0 bridgehead atoms. The van der Waals surface area contributed by atoms with Crippen LogP contribution in [0.25, 0.3) is 16.7 Å². The molecule has 5 heterocycles. The summed E-state index contributed by atoms with van der Waals surface area (Å²) < 4.78 is 40.0. The maximum absolute atomic E-state index is 15.4. The minimum absolute atomic E-state index is 0.0922. The highest BCUT2D eigenvalue weighted by atomic mass is 19.1.